The molecule has 0 atom stereocenters. The number of pyridine rings is 1. The number of rotatable bonds is 4. The van der Waals surface area contributed by atoms with Crippen molar-refractivity contribution in [3.63, 3.8) is 0 Å². The largest absolute Gasteiger partial charge is 0.316 e. The smallest absolute Gasteiger partial charge is 0.295 e. The van der Waals surface area contributed by atoms with Crippen molar-refractivity contribution in [3.8, 4) is 11.5 Å². The maximum absolute atomic E-state index is 13.1. The lowest BCUT2D eigenvalue weighted by molar-refractivity contribution is 0.101. The molecule has 0 aliphatic heterocycles. The van der Waals surface area contributed by atoms with E-state index in [0.29, 0.717) is 23.0 Å². The predicted octanol–water partition coefficient (Wildman–Crippen LogP) is 2.55. The summed E-state index contributed by atoms with van der Waals surface area (Å²) in [7, 11) is 0. The standard InChI is InChI=1S/C18H14FN7O/c1-12-22-16(24-26(12)14-7-5-13(19)6-8-14)18(27)23-15-4-2-9-20-17(15)25-11-3-10-21-25/h2-11H,1H3,(H,23,27). The van der Waals surface area contributed by atoms with Crippen LogP contribution in [-0.2, 0) is 0 Å². The average molecular weight is 363 g/mol. The average Bonchev–Trinajstić information content (AvgIpc) is 3.33. The monoisotopic (exact) mass is 363 g/mol. The van der Waals surface area contributed by atoms with E-state index >= 15 is 0 Å². The van der Waals surface area contributed by atoms with Gasteiger partial charge < -0.3 is 5.32 Å². The van der Waals surface area contributed by atoms with Gasteiger partial charge in [0.1, 0.15) is 11.6 Å². The predicted molar refractivity (Wildman–Crippen MR) is 95.4 cm³/mol. The molecule has 3 heterocycles. The van der Waals surface area contributed by atoms with Gasteiger partial charge in [-0.2, -0.15) is 5.10 Å². The molecule has 4 rings (SSSR count). The van der Waals surface area contributed by atoms with Crippen LogP contribution in [-0.4, -0.2) is 35.4 Å². The summed E-state index contributed by atoms with van der Waals surface area (Å²) in [6.07, 6.45) is 4.96. The minimum Gasteiger partial charge on any atom is -0.316 e. The maximum Gasteiger partial charge on any atom is 0.295 e. The van der Waals surface area contributed by atoms with Gasteiger partial charge in [-0.3, -0.25) is 4.79 Å². The molecule has 0 bridgehead atoms. The lowest BCUT2D eigenvalue weighted by atomic mass is 10.3. The third-order valence-electron chi connectivity index (χ3n) is 3.80. The summed E-state index contributed by atoms with van der Waals surface area (Å²) in [4.78, 5) is 21.1. The highest BCUT2D eigenvalue weighted by molar-refractivity contribution is 6.02. The van der Waals surface area contributed by atoms with Gasteiger partial charge >= 0.3 is 0 Å². The van der Waals surface area contributed by atoms with Crippen molar-refractivity contribution < 1.29 is 9.18 Å². The van der Waals surface area contributed by atoms with Crippen LogP contribution < -0.4 is 5.32 Å². The fraction of sp³-hybridized carbons (Fsp3) is 0.0556. The lowest BCUT2D eigenvalue weighted by Crippen LogP contribution is -2.16. The molecule has 1 N–H and O–H groups in total. The molecule has 1 amide bonds. The summed E-state index contributed by atoms with van der Waals surface area (Å²) < 4.78 is 16.1. The van der Waals surface area contributed by atoms with E-state index in [4.69, 9.17) is 0 Å². The number of aryl methyl sites for hydroxylation is 1. The van der Waals surface area contributed by atoms with Crippen LogP contribution in [0, 0.1) is 12.7 Å². The molecule has 0 aliphatic carbocycles. The molecule has 3 aromatic heterocycles. The first kappa shape index (κ1) is 16.6. The van der Waals surface area contributed by atoms with Gasteiger partial charge in [0.05, 0.1) is 11.4 Å². The van der Waals surface area contributed by atoms with Crippen molar-refractivity contribution in [2.45, 2.75) is 6.92 Å². The zero-order chi connectivity index (χ0) is 18.8. The van der Waals surface area contributed by atoms with Gasteiger partial charge in [0.2, 0.25) is 5.82 Å². The van der Waals surface area contributed by atoms with Crippen molar-refractivity contribution in [2.75, 3.05) is 5.32 Å². The van der Waals surface area contributed by atoms with Gasteiger partial charge in [-0.25, -0.2) is 23.7 Å². The first-order chi connectivity index (χ1) is 13.1. The minimum atomic E-state index is -0.486. The highest BCUT2D eigenvalue weighted by Crippen LogP contribution is 2.17. The third-order valence-corrected chi connectivity index (χ3v) is 3.80. The Bertz CT molecular complexity index is 1090. The van der Waals surface area contributed by atoms with Crippen molar-refractivity contribution >= 4 is 11.6 Å². The number of nitrogens with one attached hydrogen (secondary N) is 1. The van der Waals surface area contributed by atoms with E-state index in [2.05, 4.69) is 25.5 Å². The summed E-state index contributed by atoms with van der Waals surface area (Å²) >= 11 is 0. The summed E-state index contributed by atoms with van der Waals surface area (Å²) in [5.74, 6) is 0.139. The van der Waals surface area contributed by atoms with Gasteiger partial charge in [0, 0.05) is 18.6 Å². The molecule has 8 nitrogen and oxygen atoms in total. The van der Waals surface area contributed by atoms with E-state index in [1.54, 1.807) is 60.5 Å². The second kappa shape index (κ2) is 6.79. The van der Waals surface area contributed by atoms with Crippen molar-refractivity contribution in [2.24, 2.45) is 0 Å². The molecule has 134 valence electrons. The molecular weight excluding hydrogens is 349 g/mol. The van der Waals surface area contributed by atoms with E-state index in [-0.39, 0.29) is 11.6 Å². The molecule has 0 unspecified atom stereocenters. The normalized spacial score (nSPS) is 10.7. The Morgan fingerprint density at radius 3 is 2.67 bits per heavy atom. The zero-order valence-electron chi connectivity index (χ0n) is 14.2. The van der Waals surface area contributed by atoms with Crippen molar-refractivity contribution in [1.82, 2.24) is 29.5 Å². The molecule has 0 saturated carbocycles. The Morgan fingerprint density at radius 1 is 1.11 bits per heavy atom. The summed E-state index contributed by atoms with van der Waals surface area (Å²) in [5, 5.41) is 11.1. The van der Waals surface area contributed by atoms with Crippen molar-refractivity contribution in [3.05, 3.63) is 78.5 Å². The number of amides is 1. The zero-order valence-corrected chi connectivity index (χ0v) is 14.2. The van der Waals surface area contributed by atoms with Gasteiger partial charge in [-0.1, -0.05) is 0 Å². The Kier molecular flexibility index (Phi) is 4.17. The van der Waals surface area contributed by atoms with Crippen LogP contribution in [0.5, 0.6) is 0 Å². The van der Waals surface area contributed by atoms with E-state index in [1.165, 1.54) is 16.8 Å². The van der Waals surface area contributed by atoms with Crippen LogP contribution in [0.15, 0.2) is 61.1 Å². The van der Waals surface area contributed by atoms with Gasteiger partial charge in [-0.05, 0) is 49.4 Å². The fourth-order valence-corrected chi connectivity index (χ4v) is 2.56. The third kappa shape index (κ3) is 3.30. The molecule has 0 radical (unpaired) electrons. The van der Waals surface area contributed by atoms with Crippen LogP contribution in [0.1, 0.15) is 16.4 Å². The van der Waals surface area contributed by atoms with Gasteiger partial charge in [-0.15, -0.1) is 5.10 Å². The number of hydrogen-bond donors (Lipinski definition) is 1. The van der Waals surface area contributed by atoms with Gasteiger partial charge in [0.15, 0.2) is 5.82 Å². The quantitative estimate of drug-likeness (QED) is 0.602. The Balaban J connectivity index is 1.62. The molecule has 9 heteroatoms. The van der Waals surface area contributed by atoms with Gasteiger partial charge in [0.25, 0.3) is 5.91 Å². The number of anilines is 1. The number of carbonyl (C=O) groups is 1. The molecule has 1 aromatic carbocycles. The van der Waals surface area contributed by atoms with E-state index in [0.717, 1.165) is 0 Å². The highest BCUT2D eigenvalue weighted by Gasteiger charge is 2.17. The molecule has 0 saturated heterocycles. The highest BCUT2D eigenvalue weighted by atomic mass is 19.1. The maximum atomic E-state index is 13.1. The number of nitrogens with zero attached hydrogens (tertiary/aromatic N) is 6. The summed E-state index contributed by atoms with van der Waals surface area (Å²) in [5.41, 5.74) is 1.08. The Hall–Kier alpha value is -3.88. The van der Waals surface area contributed by atoms with Crippen LogP contribution >= 0.6 is 0 Å². The van der Waals surface area contributed by atoms with Crippen LogP contribution in [0.2, 0.25) is 0 Å². The van der Waals surface area contributed by atoms with E-state index in [1.807, 2.05) is 0 Å². The van der Waals surface area contributed by atoms with Crippen LogP contribution in [0.3, 0.4) is 0 Å². The number of halogens is 1. The molecule has 4 aromatic rings. The van der Waals surface area contributed by atoms with E-state index in [9.17, 15) is 9.18 Å². The molecule has 0 spiro atoms. The Labute approximate surface area is 153 Å². The minimum absolute atomic E-state index is 0.00732. The number of aromatic nitrogens is 6. The van der Waals surface area contributed by atoms with E-state index < -0.39 is 5.91 Å². The van der Waals surface area contributed by atoms with Crippen molar-refractivity contribution in [1.29, 1.82) is 0 Å². The SMILES string of the molecule is Cc1nc(C(=O)Nc2cccnc2-n2cccn2)nn1-c1ccc(F)cc1. The first-order valence-corrected chi connectivity index (χ1v) is 8.08. The van der Waals surface area contributed by atoms with Crippen LogP contribution in [0.4, 0.5) is 10.1 Å². The molecule has 0 fully saturated rings. The molecule has 27 heavy (non-hydrogen) atoms. The fourth-order valence-electron chi connectivity index (χ4n) is 2.56. The second-order valence-electron chi connectivity index (χ2n) is 5.65. The summed E-state index contributed by atoms with van der Waals surface area (Å²) in [6, 6.07) is 11.0. The first-order valence-electron chi connectivity index (χ1n) is 8.08. The number of carbonyl (C=O) groups excluding carboxylic acids is 1. The lowest BCUT2D eigenvalue weighted by Gasteiger charge is -2.08. The summed E-state index contributed by atoms with van der Waals surface area (Å²) in [6.45, 7) is 1.71. The second-order valence-corrected chi connectivity index (χ2v) is 5.65. The van der Waals surface area contributed by atoms with Crippen LogP contribution in [0.25, 0.3) is 11.5 Å². The number of hydrogen-bond acceptors (Lipinski definition) is 5. The topological polar surface area (TPSA) is 90.5 Å². The molecule has 0 aliphatic rings. The molecular formula is C18H14FN7O. The number of benzene rings is 1. The Morgan fingerprint density at radius 2 is 1.93 bits per heavy atom.